The molecule has 1 heterocycles. The van der Waals surface area contributed by atoms with E-state index in [0.29, 0.717) is 11.1 Å². The first-order valence-electron chi connectivity index (χ1n) is 7.74. The summed E-state index contributed by atoms with van der Waals surface area (Å²) in [6, 6.07) is 12.9. The molecule has 1 aliphatic heterocycles. The second-order valence-electron chi connectivity index (χ2n) is 5.63. The lowest BCUT2D eigenvalue weighted by Crippen LogP contribution is -2.32. The van der Waals surface area contributed by atoms with Gasteiger partial charge in [-0.05, 0) is 17.7 Å². The van der Waals surface area contributed by atoms with Crippen LogP contribution in [0.25, 0.3) is 5.76 Å². The van der Waals surface area contributed by atoms with Gasteiger partial charge in [-0.2, -0.15) is 0 Å². The van der Waals surface area contributed by atoms with Crippen LogP contribution in [0.4, 0.5) is 4.39 Å². The molecule has 0 aliphatic carbocycles. The molecule has 1 saturated heterocycles. The number of halogens is 1. The van der Waals surface area contributed by atoms with Crippen LogP contribution in [0.15, 0.2) is 60.2 Å². The fourth-order valence-corrected chi connectivity index (χ4v) is 2.96. The first-order valence-corrected chi connectivity index (χ1v) is 7.74. The van der Waals surface area contributed by atoms with Crippen LogP contribution in [0, 0.1) is 5.82 Å². The molecule has 1 aliphatic rings. The maximum atomic E-state index is 13.2. The van der Waals surface area contributed by atoms with Crippen LogP contribution >= 0.6 is 0 Å². The quantitative estimate of drug-likeness (QED) is 0.508. The van der Waals surface area contributed by atoms with Gasteiger partial charge in [0.05, 0.1) is 18.2 Å². The molecule has 2 aromatic rings. The van der Waals surface area contributed by atoms with Gasteiger partial charge < -0.3 is 15.1 Å². The molecule has 25 heavy (non-hydrogen) atoms. The maximum Gasteiger partial charge on any atom is 0.295 e. The van der Waals surface area contributed by atoms with Crippen LogP contribution in [-0.4, -0.2) is 40.0 Å². The van der Waals surface area contributed by atoms with E-state index in [-0.39, 0.29) is 24.5 Å². The van der Waals surface area contributed by atoms with Gasteiger partial charge in [0, 0.05) is 12.1 Å². The van der Waals surface area contributed by atoms with Gasteiger partial charge in [-0.1, -0.05) is 42.5 Å². The molecule has 0 spiro atoms. The van der Waals surface area contributed by atoms with E-state index in [1.54, 1.807) is 30.3 Å². The van der Waals surface area contributed by atoms with Gasteiger partial charge in [0.2, 0.25) is 0 Å². The summed E-state index contributed by atoms with van der Waals surface area (Å²) in [5, 5.41) is 19.9. The van der Waals surface area contributed by atoms with Gasteiger partial charge >= 0.3 is 0 Å². The Morgan fingerprint density at radius 2 is 1.68 bits per heavy atom. The molecule has 1 atom stereocenters. The molecular weight excluding hydrogens is 325 g/mol. The lowest BCUT2D eigenvalue weighted by molar-refractivity contribution is -0.140. The third-order valence-electron chi connectivity index (χ3n) is 4.11. The second kappa shape index (κ2) is 6.86. The third kappa shape index (κ3) is 3.04. The molecular formula is C19H16FNO4. The lowest BCUT2D eigenvalue weighted by Gasteiger charge is -2.24. The van der Waals surface area contributed by atoms with Crippen LogP contribution in [0.5, 0.6) is 0 Å². The Hall–Kier alpha value is -2.99. The number of hydrogen-bond donors (Lipinski definition) is 2. The molecule has 2 aromatic carbocycles. The molecule has 0 bridgehead atoms. The zero-order valence-electron chi connectivity index (χ0n) is 13.2. The number of Topliss-reactive ketones (excluding diaryl/α,β-unsaturated/α-hetero) is 1. The highest BCUT2D eigenvalue weighted by Gasteiger charge is 2.45. The molecule has 1 amide bonds. The largest absolute Gasteiger partial charge is 0.507 e. The normalized spacial score (nSPS) is 19.4. The van der Waals surface area contributed by atoms with Crippen molar-refractivity contribution in [3.05, 3.63) is 77.1 Å². The minimum atomic E-state index is -0.882. The number of nitrogens with zero attached hydrogens (tertiary/aromatic N) is 1. The fourth-order valence-electron chi connectivity index (χ4n) is 2.96. The summed E-state index contributed by atoms with van der Waals surface area (Å²) in [6.45, 7) is -0.408. The monoisotopic (exact) mass is 341 g/mol. The number of benzene rings is 2. The topological polar surface area (TPSA) is 77.8 Å². The second-order valence-corrected chi connectivity index (χ2v) is 5.63. The fraction of sp³-hybridized carbons (Fsp3) is 0.158. The number of β-amino-alcohol motifs (C(OH)–C–C–N with tert-alkyl or cyclic N) is 1. The first kappa shape index (κ1) is 16.9. The maximum absolute atomic E-state index is 13.2. The third-order valence-corrected chi connectivity index (χ3v) is 4.11. The van der Waals surface area contributed by atoms with E-state index in [2.05, 4.69) is 0 Å². The van der Waals surface area contributed by atoms with Crippen molar-refractivity contribution in [3.63, 3.8) is 0 Å². The van der Waals surface area contributed by atoms with Crippen LogP contribution in [0.1, 0.15) is 17.2 Å². The molecule has 1 fully saturated rings. The van der Waals surface area contributed by atoms with E-state index >= 15 is 0 Å². The highest BCUT2D eigenvalue weighted by atomic mass is 19.1. The van der Waals surface area contributed by atoms with Crippen molar-refractivity contribution >= 4 is 17.4 Å². The summed E-state index contributed by atoms with van der Waals surface area (Å²) in [4.78, 5) is 26.0. The van der Waals surface area contributed by atoms with E-state index in [9.17, 15) is 24.2 Å². The number of ketones is 1. The van der Waals surface area contributed by atoms with Crippen molar-refractivity contribution in [3.8, 4) is 0 Å². The number of carbonyl (C=O) groups excluding carboxylic acids is 2. The number of aliphatic hydroxyl groups excluding tert-OH is 2. The molecule has 0 unspecified atom stereocenters. The Morgan fingerprint density at radius 1 is 1.04 bits per heavy atom. The highest BCUT2D eigenvalue weighted by molar-refractivity contribution is 6.46. The van der Waals surface area contributed by atoms with Crippen molar-refractivity contribution in [2.45, 2.75) is 6.04 Å². The standard InChI is InChI=1S/C19H16FNO4/c20-14-8-6-12(7-9-14)16-15(17(23)13-4-2-1-3-5-13)18(24)19(25)21(16)10-11-22/h1-9,16,22-23H,10-11H2/b17-15+/t16-/m0/s1. The average Bonchev–Trinajstić information content (AvgIpc) is 2.88. The van der Waals surface area contributed by atoms with Crippen LogP contribution in [-0.2, 0) is 9.59 Å². The molecule has 5 nitrogen and oxygen atoms in total. The van der Waals surface area contributed by atoms with Crippen molar-refractivity contribution in [2.24, 2.45) is 0 Å². The zero-order chi connectivity index (χ0) is 18.0. The van der Waals surface area contributed by atoms with E-state index in [1.165, 1.54) is 29.2 Å². The molecule has 0 radical (unpaired) electrons. The smallest absolute Gasteiger partial charge is 0.295 e. The summed E-state index contributed by atoms with van der Waals surface area (Å²) in [5.74, 6) is -2.38. The van der Waals surface area contributed by atoms with Crippen LogP contribution in [0.2, 0.25) is 0 Å². The Morgan fingerprint density at radius 3 is 2.28 bits per heavy atom. The van der Waals surface area contributed by atoms with Crippen LogP contribution < -0.4 is 0 Å². The van der Waals surface area contributed by atoms with Crippen molar-refractivity contribution in [1.29, 1.82) is 0 Å². The predicted molar refractivity (Wildman–Crippen MR) is 88.9 cm³/mol. The Labute approximate surface area is 143 Å². The Bertz CT molecular complexity index is 830. The van der Waals surface area contributed by atoms with Gasteiger partial charge in [0.15, 0.2) is 0 Å². The summed E-state index contributed by atoms with van der Waals surface area (Å²) in [5.41, 5.74) is 0.805. The van der Waals surface area contributed by atoms with Gasteiger partial charge in [0.1, 0.15) is 11.6 Å². The summed E-state index contributed by atoms with van der Waals surface area (Å²) >= 11 is 0. The Balaban J connectivity index is 2.18. The number of hydrogen-bond acceptors (Lipinski definition) is 4. The molecule has 128 valence electrons. The highest BCUT2D eigenvalue weighted by Crippen LogP contribution is 2.39. The van der Waals surface area contributed by atoms with Crippen molar-refractivity contribution in [1.82, 2.24) is 4.90 Å². The minimum absolute atomic E-state index is 0.0712. The summed E-state index contributed by atoms with van der Waals surface area (Å²) in [6.07, 6.45) is 0. The minimum Gasteiger partial charge on any atom is -0.507 e. The van der Waals surface area contributed by atoms with E-state index in [1.807, 2.05) is 0 Å². The molecule has 0 aromatic heterocycles. The number of aliphatic hydroxyl groups is 2. The van der Waals surface area contributed by atoms with Gasteiger partial charge in [0.25, 0.3) is 11.7 Å². The van der Waals surface area contributed by atoms with E-state index in [0.717, 1.165) is 0 Å². The zero-order valence-corrected chi connectivity index (χ0v) is 13.2. The number of amides is 1. The lowest BCUT2D eigenvalue weighted by atomic mass is 9.95. The summed E-state index contributed by atoms with van der Waals surface area (Å²) in [7, 11) is 0. The molecule has 2 N–H and O–H groups in total. The first-order chi connectivity index (χ1) is 12.0. The molecule has 0 saturated carbocycles. The van der Waals surface area contributed by atoms with Gasteiger partial charge in [-0.3, -0.25) is 9.59 Å². The van der Waals surface area contributed by atoms with E-state index in [4.69, 9.17) is 0 Å². The average molecular weight is 341 g/mol. The van der Waals surface area contributed by atoms with E-state index < -0.39 is 23.5 Å². The van der Waals surface area contributed by atoms with Crippen LogP contribution in [0.3, 0.4) is 0 Å². The van der Waals surface area contributed by atoms with Crippen molar-refractivity contribution < 1.29 is 24.2 Å². The number of likely N-dealkylation sites (tertiary alicyclic amines) is 1. The predicted octanol–water partition coefficient (Wildman–Crippen LogP) is 2.24. The SMILES string of the molecule is O=C1C(=O)N(CCO)[C@@H](c2ccc(F)cc2)/C1=C(\O)c1ccccc1. The molecule has 6 heteroatoms. The Kier molecular flexibility index (Phi) is 4.63. The van der Waals surface area contributed by atoms with Gasteiger partial charge in [-0.15, -0.1) is 0 Å². The summed E-state index contributed by atoms with van der Waals surface area (Å²) < 4.78 is 13.2. The molecule has 3 rings (SSSR count). The van der Waals surface area contributed by atoms with Crippen molar-refractivity contribution in [2.75, 3.05) is 13.2 Å². The number of carbonyl (C=O) groups is 2. The number of rotatable bonds is 4. The van der Waals surface area contributed by atoms with Gasteiger partial charge in [-0.25, -0.2) is 4.39 Å².